The molecule has 1 aliphatic heterocycles. The van der Waals surface area contributed by atoms with E-state index < -0.39 is 11.6 Å². The summed E-state index contributed by atoms with van der Waals surface area (Å²) in [7, 11) is 0. The van der Waals surface area contributed by atoms with Gasteiger partial charge in [0.05, 0.1) is 75.6 Å². The van der Waals surface area contributed by atoms with E-state index in [-0.39, 0.29) is 17.0 Å². The lowest BCUT2D eigenvalue weighted by Crippen LogP contribution is -2.43. The first-order valence-corrected chi connectivity index (χ1v) is 14.7. The highest BCUT2D eigenvalue weighted by Gasteiger charge is 2.24. The molecule has 6 rings (SSSR count). The Morgan fingerprint density at radius 1 is 1.07 bits per heavy atom. The van der Waals surface area contributed by atoms with Crippen LogP contribution in [0.25, 0.3) is 33.5 Å². The van der Waals surface area contributed by atoms with Crippen molar-refractivity contribution in [2.45, 2.75) is 33.3 Å². The molecule has 1 N–H and O–H groups in total. The van der Waals surface area contributed by atoms with Gasteiger partial charge in [-0.2, -0.15) is 5.26 Å². The normalized spacial score (nSPS) is 15.0. The Balaban J connectivity index is 1.51. The zero-order valence-corrected chi connectivity index (χ0v) is 24.8. The van der Waals surface area contributed by atoms with Crippen LogP contribution >= 0.6 is 0 Å². The van der Waals surface area contributed by atoms with Crippen molar-refractivity contribution in [3.63, 3.8) is 0 Å². The van der Waals surface area contributed by atoms with Crippen molar-refractivity contribution in [3.05, 3.63) is 95.8 Å². The zero-order valence-electron chi connectivity index (χ0n) is 24.8. The first kappa shape index (κ1) is 29.1. The Morgan fingerprint density at radius 3 is 2.61 bits per heavy atom. The number of hydrogen-bond donors (Lipinski definition) is 1. The van der Waals surface area contributed by atoms with E-state index >= 15 is 4.39 Å². The summed E-state index contributed by atoms with van der Waals surface area (Å²) in [6.07, 6.45) is 4.55. The fourth-order valence-electron chi connectivity index (χ4n) is 5.73. The average Bonchev–Trinajstić information content (AvgIpc) is 3.02. The number of benzene rings is 2. The number of halogens is 2. The van der Waals surface area contributed by atoms with Crippen LogP contribution in [0.4, 0.5) is 25.8 Å². The highest BCUT2D eigenvalue weighted by molar-refractivity contribution is 5.99. The van der Waals surface area contributed by atoms with Crippen molar-refractivity contribution in [2.75, 3.05) is 29.9 Å². The van der Waals surface area contributed by atoms with E-state index in [2.05, 4.69) is 40.1 Å². The molecular formula is C35H32F2N6O. The second-order valence-corrected chi connectivity index (χ2v) is 11.4. The minimum absolute atomic E-state index is 0.106. The van der Waals surface area contributed by atoms with E-state index in [4.69, 9.17) is 9.72 Å². The number of pyridine rings is 3. The van der Waals surface area contributed by atoms with Crippen molar-refractivity contribution in [1.29, 1.82) is 5.26 Å². The summed E-state index contributed by atoms with van der Waals surface area (Å²) in [5.74, 6) is -0.932. The molecule has 2 aromatic carbocycles. The lowest BCUT2D eigenvalue weighted by atomic mass is 10.0. The van der Waals surface area contributed by atoms with Gasteiger partial charge < -0.3 is 15.0 Å². The van der Waals surface area contributed by atoms with Gasteiger partial charge in [-0.25, -0.2) is 13.8 Å². The molecule has 1 aliphatic rings. The van der Waals surface area contributed by atoms with Crippen LogP contribution in [0.1, 0.15) is 31.4 Å². The number of fused-ring (bicyclic) bond motifs is 1. The molecule has 1 atom stereocenters. The molecule has 9 heteroatoms. The Kier molecular flexibility index (Phi) is 8.18. The molecule has 0 saturated carbocycles. The first-order chi connectivity index (χ1) is 21.3. The minimum atomic E-state index is -0.723. The van der Waals surface area contributed by atoms with Gasteiger partial charge in [0, 0.05) is 42.5 Å². The molecular weight excluding hydrogens is 558 g/mol. The predicted octanol–water partition coefficient (Wildman–Crippen LogP) is 7.81. The quantitative estimate of drug-likeness (QED) is 0.207. The van der Waals surface area contributed by atoms with Crippen molar-refractivity contribution in [2.24, 2.45) is 5.92 Å². The summed E-state index contributed by atoms with van der Waals surface area (Å²) >= 11 is 0. The van der Waals surface area contributed by atoms with Crippen LogP contribution in [0.5, 0.6) is 0 Å². The maximum Gasteiger partial charge on any atom is 0.137 e. The molecule has 0 bridgehead atoms. The molecule has 0 radical (unpaired) electrons. The molecule has 3 aromatic heterocycles. The third-order valence-corrected chi connectivity index (χ3v) is 7.81. The van der Waals surface area contributed by atoms with Crippen LogP contribution in [0.3, 0.4) is 0 Å². The lowest BCUT2D eigenvalue weighted by Gasteiger charge is -2.35. The van der Waals surface area contributed by atoms with E-state index in [1.807, 2.05) is 43.5 Å². The number of nitrogens with zero attached hydrogens (tertiary/aromatic N) is 5. The van der Waals surface area contributed by atoms with Gasteiger partial charge in [-0.3, -0.25) is 9.97 Å². The molecule has 44 heavy (non-hydrogen) atoms. The summed E-state index contributed by atoms with van der Waals surface area (Å²) in [4.78, 5) is 16.2. The van der Waals surface area contributed by atoms with Crippen molar-refractivity contribution < 1.29 is 13.5 Å². The lowest BCUT2D eigenvalue weighted by molar-refractivity contribution is 0.0276. The van der Waals surface area contributed by atoms with Crippen LogP contribution in [-0.4, -0.2) is 40.8 Å². The molecule has 4 heterocycles. The monoisotopic (exact) mass is 590 g/mol. The van der Waals surface area contributed by atoms with Gasteiger partial charge in [0.25, 0.3) is 0 Å². The van der Waals surface area contributed by atoms with Crippen molar-refractivity contribution >= 4 is 28.0 Å². The Bertz CT molecular complexity index is 1850. The van der Waals surface area contributed by atoms with E-state index in [0.29, 0.717) is 58.7 Å². The summed E-state index contributed by atoms with van der Waals surface area (Å²) in [6, 6.07) is 18.9. The van der Waals surface area contributed by atoms with Gasteiger partial charge in [0.2, 0.25) is 0 Å². The first-order valence-electron chi connectivity index (χ1n) is 14.7. The summed E-state index contributed by atoms with van der Waals surface area (Å²) in [5.41, 5.74) is 5.83. The maximum atomic E-state index is 15.5. The van der Waals surface area contributed by atoms with E-state index in [1.165, 1.54) is 6.07 Å². The third kappa shape index (κ3) is 5.94. The molecule has 1 unspecified atom stereocenters. The fraction of sp³-hybridized carbons (Fsp3) is 0.257. The molecule has 5 aromatic rings. The number of hydrogen-bond acceptors (Lipinski definition) is 7. The van der Waals surface area contributed by atoms with Crippen molar-refractivity contribution in [1.82, 2.24) is 15.0 Å². The highest BCUT2D eigenvalue weighted by Crippen LogP contribution is 2.39. The van der Waals surface area contributed by atoms with Crippen LogP contribution in [0.15, 0.2) is 73.1 Å². The number of nitriles is 1. The summed E-state index contributed by atoms with van der Waals surface area (Å²) in [6.45, 7) is 8.26. The summed E-state index contributed by atoms with van der Waals surface area (Å²) in [5, 5.41) is 13.0. The Hall–Kier alpha value is -4.94. The summed E-state index contributed by atoms with van der Waals surface area (Å²) < 4.78 is 36.0. The zero-order chi connectivity index (χ0) is 30.8. The molecule has 0 amide bonds. The second kappa shape index (κ2) is 12.3. The number of ether oxygens (including phenoxy) is 1. The minimum Gasteiger partial charge on any atom is -0.375 e. The largest absolute Gasteiger partial charge is 0.375 e. The Morgan fingerprint density at radius 2 is 1.89 bits per heavy atom. The van der Waals surface area contributed by atoms with Crippen molar-refractivity contribution in [3.8, 4) is 28.7 Å². The fourth-order valence-corrected chi connectivity index (χ4v) is 5.73. The van der Waals surface area contributed by atoms with Gasteiger partial charge >= 0.3 is 0 Å². The molecule has 1 fully saturated rings. The highest BCUT2D eigenvalue weighted by atomic mass is 19.1. The SMILES string of the molecule is Cc1c(-c2ccccn2)nc2cc(F)cc(F)c2c1Nc1cc(N2CCOC(CC(C)C)C2)cnc1-c1ccc(C#N)cc1. The van der Waals surface area contributed by atoms with E-state index in [9.17, 15) is 9.65 Å². The number of rotatable bonds is 7. The van der Waals surface area contributed by atoms with Gasteiger partial charge in [-0.15, -0.1) is 0 Å². The van der Waals surface area contributed by atoms with Crippen LogP contribution in [-0.2, 0) is 4.74 Å². The maximum absolute atomic E-state index is 15.5. The smallest absolute Gasteiger partial charge is 0.137 e. The van der Waals surface area contributed by atoms with Gasteiger partial charge in [0.1, 0.15) is 11.6 Å². The van der Waals surface area contributed by atoms with E-state index in [1.54, 1.807) is 24.4 Å². The van der Waals surface area contributed by atoms with Crippen LogP contribution in [0, 0.1) is 35.8 Å². The molecule has 7 nitrogen and oxygen atoms in total. The molecule has 1 saturated heterocycles. The standard InChI is InChI=1S/C35H32F2N6O/c1-21(2)14-27-20-43(12-13-44-27)26-17-31(35(40-19-26)24-9-7-23(18-38)8-10-24)42-34-22(3)33(29-6-4-5-11-39-29)41-30-16-25(36)15-28(37)32(30)34/h4-11,15-17,19,21,27H,12-14,20H2,1-3H3,(H,41,42). The van der Waals surface area contributed by atoms with Crippen LogP contribution < -0.4 is 10.2 Å². The molecule has 222 valence electrons. The Labute approximate surface area is 255 Å². The van der Waals surface area contributed by atoms with Gasteiger partial charge in [-0.1, -0.05) is 32.0 Å². The van der Waals surface area contributed by atoms with Crippen LogP contribution in [0.2, 0.25) is 0 Å². The number of anilines is 3. The average molecular weight is 591 g/mol. The number of aromatic nitrogens is 3. The topological polar surface area (TPSA) is 87.0 Å². The van der Waals surface area contributed by atoms with Gasteiger partial charge in [0.15, 0.2) is 0 Å². The number of morpholine rings is 1. The van der Waals surface area contributed by atoms with E-state index in [0.717, 1.165) is 30.3 Å². The second-order valence-electron chi connectivity index (χ2n) is 11.4. The van der Waals surface area contributed by atoms with Gasteiger partial charge in [-0.05, 0) is 49.6 Å². The molecule has 0 aliphatic carbocycles. The third-order valence-electron chi connectivity index (χ3n) is 7.81. The molecule has 0 spiro atoms. The predicted molar refractivity (Wildman–Crippen MR) is 169 cm³/mol. The number of nitrogens with one attached hydrogen (secondary N) is 1.